The van der Waals surface area contributed by atoms with Crippen LogP contribution in [0.1, 0.15) is 0 Å². The first kappa shape index (κ1) is 9.95. The molecule has 0 N–H and O–H groups in total. The zero-order valence-electron chi connectivity index (χ0n) is 8.35. The van der Waals surface area contributed by atoms with Gasteiger partial charge in [-0.2, -0.15) is 0 Å². The highest BCUT2D eigenvalue weighted by atomic mass is 30.2. The molecule has 0 unspecified atom stereocenters. The Morgan fingerprint density at radius 3 is 0.917 bits per heavy atom. The molecule has 0 aromatic rings. The molecule has 0 saturated carbocycles. The maximum atomic E-state index is 4.02. The Morgan fingerprint density at radius 2 is 0.833 bits per heavy atom. The molecule has 1 aliphatic rings. The summed E-state index contributed by atoms with van der Waals surface area (Å²) in [5, 5.41) is 0. The lowest BCUT2D eigenvalue weighted by molar-refractivity contribution is 2.11. The van der Waals surface area contributed by atoms with Crippen molar-refractivity contribution >= 4 is 21.3 Å². The molecular weight excluding hydrogens is 192 g/mol. The summed E-state index contributed by atoms with van der Waals surface area (Å²) in [4.78, 5) is 0. The first-order valence-corrected chi connectivity index (χ1v) is 15.1. The average Bonchev–Trinajstić information content (AvgIpc) is 2.49. The molecule has 1 rings (SSSR count). The van der Waals surface area contributed by atoms with Crippen LogP contribution in [0, 0.1) is 0 Å². The molecule has 0 amide bonds. The highest BCUT2D eigenvalue weighted by Gasteiger charge is 2.79. The van der Waals surface area contributed by atoms with Crippen molar-refractivity contribution < 1.29 is 0 Å². The molecule has 1 fully saturated rings. The summed E-state index contributed by atoms with van der Waals surface area (Å²) in [5.41, 5.74) is 6.86. The van der Waals surface area contributed by atoms with Crippen LogP contribution >= 0.6 is 0 Å². The standard InChI is InChI=1S/C9H18Si3/c1-7-10(4)11(5,8-2)12(10,6)9-3/h7-9H,1-3H2,4-6H3. The van der Waals surface area contributed by atoms with Crippen LogP contribution in [0.5, 0.6) is 0 Å². The van der Waals surface area contributed by atoms with Crippen LogP contribution in [0.4, 0.5) is 0 Å². The van der Waals surface area contributed by atoms with Gasteiger partial charge in [-0.15, -0.1) is 36.8 Å². The van der Waals surface area contributed by atoms with Gasteiger partial charge in [0.25, 0.3) is 0 Å². The average molecular weight is 211 g/mol. The van der Waals surface area contributed by atoms with Crippen LogP contribution in [-0.2, 0) is 0 Å². The molecule has 0 radical (unpaired) electrons. The minimum atomic E-state index is -1.08. The first-order chi connectivity index (χ1) is 5.43. The van der Waals surface area contributed by atoms with Crippen molar-refractivity contribution in [3.05, 3.63) is 36.8 Å². The maximum Gasteiger partial charge on any atom is 0.0660 e. The third kappa shape index (κ3) is 0.677. The summed E-state index contributed by atoms with van der Waals surface area (Å²) in [6.07, 6.45) is 0. The molecule has 0 aliphatic carbocycles. The SMILES string of the molecule is C=C[Si]1(C)[Si](C)(C=C)[Si]1(C)C=C. The Morgan fingerprint density at radius 1 is 0.667 bits per heavy atom. The third-order valence-corrected chi connectivity index (χ3v) is 59.5. The molecule has 0 spiro atoms. The summed E-state index contributed by atoms with van der Waals surface area (Å²) >= 11 is 0. The van der Waals surface area contributed by atoms with E-state index in [0.717, 1.165) is 0 Å². The fourth-order valence-corrected chi connectivity index (χ4v) is 66.1. The van der Waals surface area contributed by atoms with Crippen LogP contribution in [0.15, 0.2) is 36.8 Å². The minimum Gasteiger partial charge on any atom is -0.107 e. The Bertz CT molecular complexity index is 206. The van der Waals surface area contributed by atoms with Gasteiger partial charge < -0.3 is 0 Å². The Balaban J connectivity index is 3.19. The van der Waals surface area contributed by atoms with Crippen molar-refractivity contribution in [2.45, 2.75) is 19.6 Å². The zero-order chi connectivity index (χ0) is 9.62. The maximum absolute atomic E-state index is 4.02. The van der Waals surface area contributed by atoms with Crippen molar-refractivity contribution in [3.63, 3.8) is 0 Å². The van der Waals surface area contributed by atoms with E-state index in [9.17, 15) is 0 Å². The van der Waals surface area contributed by atoms with Crippen LogP contribution < -0.4 is 0 Å². The second kappa shape index (κ2) is 2.43. The van der Waals surface area contributed by atoms with E-state index in [1.807, 2.05) is 0 Å². The van der Waals surface area contributed by atoms with Gasteiger partial charge in [-0.05, 0) is 0 Å². The van der Waals surface area contributed by atoms with Crippen LogP contribution in [-0.4, -0.2) is 21.3 Å². The van der Waals surface area contributed by atoms with Crippen molar-refractivity contribution in [2.75, 3.05) is 0 Å². The molecule has 3 heteroatoms. The molecule has 0 bridgehead atoms. The van der Waals surface area contributed by atoms with Gasteiger partial charge in [0.2, 0.25) is 0 Å². The van der Waals surface area contributed by atoms with E-state index in [4.69, 9.17) is 0 Å². The Hall–Kier alpha value is -0.129. The molecule has 0 aromatic carbocycles. The second-order valence-electron chi connectivity index (χ2n) is 4.22. The van der Waals surface area contributed by atoms with Crippen molar-refractivity contribution in [1.29, 1.82) is 0 Å². The van der Waals surface area contributed by atoms with Crippen LogP contribution in [0.25, 0.3) is 0 Å². The number of hydrogen-bond acceptors (Lipinski definition) is 0. The van der Waals surface area contributed by atoms with Gasteiger partial charge in [-0.3, -0.25) is 0 Å². The third-order valence-electron chi connectivity index (χ3n) is 4.40. The van der Waals surface area contributed by atoms with Gasteiger partial charge in [0.05, 0.1) is 21.3 Å². The van der Waals surface area contributed by atoms with Gasteiger partial charge in [0.1, 0.15) is 0 Å². The van der Waals surface area contributed by atoms with E-state index in [0.29, 0.717) is 0 Å². The lowest BCUT2D eigenvalue weighted by Crippen LogP contribution is -2.24. The largest absolute Gasteiger partial charge is 0.107 e. The molecule has 0 aromatic heterocycles. The number of hydrogen-bond donors (Lipinski definition) is 0. The van der Waals surface area contributed by atoms with Gasteiger partial charge in [-0.25, -0.2) is 0 Å². The van der Waals surface area contributed by atoms with Crippen LogP contribution in [0.2, 0.25) is 19.6 Å². The predicted molar refractivity (Wildman–Crippen MR) is 65.4 cm³/mol. The molecule has 1 aliphatic heterocycles. The van der Waals surface area contributed by atoms with E-state index in [1.54, 1.807) is 0 Å². The molecule has 0 nitrogen and oxygen atoms in total. The van der Waals surface area contributed by atoms with E-state index >= 15 is 0 Å². The normalized spacial score (nSPS) is 51.2. The van der Waals surface area contributed by atoms with Crippen LogP contribution in [0.3, 0.4) is 0 Å². The van der Waals surface area contributed by atoms with Crippen molar-refractivity contribution in [2.24, 2.45) is 0 Å². The van der Waals surface area contributed by atoms with Gasteiger partial charge in [-0.1, -0.05) is 19.6 Å². The van der Waals surface area contributed by atoms with Gasteiger partial charge >= 0.3 is 0 Å². The lowest BCUT2D eigenvalue weighted by atomic mass is 11.3. The summed E-state index contributed by atoms with van der Waals surface area (Å²) in [6, 6.07) is 0. The molecule has 1 saturated heterocycles. The summed E-state index contributed by atoms with van der Waals surface area (Å²) in [6.45, 7) is 19.5. The zero-order valence-corrected chi connectivity index (χ0v) is 11.4. The first-order valence-electron chi connectivity index (χ1n) is 4.34. The topological polar surface area (TPSA) is 0 Å². The summed E-state index contributed by atoms with van der Waals surface area (Å²) in [7, 11) is -3.25. The van der Waals surface area contributed by atoms with E-state index < -0.39 is 21.3 Å². The van der Waals surface area contributed by atoms with Crippen molar-refractivity contribution in [3.8, 4) is 0 Å². The smallest absolute Gasteiger partial charge is 0.0660 e. The monoisotopic (exact) mass is 210 g/mol. The second-order valence-corrected chi connectivity index (χ2v) is 35.9. The minimum absolute atomic E-state index is 1.08. The molecule has 12 heavy (non-hydrogen) atoms. The highest BCUT2D eigenvalue weighted by Crippen LogP contribution is 2.52. The van der Waals surface area contributed by atoms with E-state index in [-0.39, 0.29) is 0 Å². The van der Waals surface area contributed by atoms with Gasteiger partial charge in [0.15, 0.2) is 0 Å². The fraction of sp³-hybridized carbons (Fsp3) is 0.333. The lowest BCUT2D eigenvalue weighted by Gasteiger charge is -2.04. The van der Waals surface area contributed by atoms with Gasteiger partial charge in [0, 0.05) is 0 Å². The predicted octanol–water partition coefficient (Wildman–Crippen LogP) is 2.65. The van der Waals surface area contributed by atoms with Crippen molar-refractivity contribution in [1.82, 2.24) is 0 Å². The molecule has 1 heterocycles. The van der Waals surface area contributed by atoms with E-state index in [2.05, 4.69) is 56.5 Å². The highest BCUT2D eigenvalue weighted by molar-refractivity contribution is 8.16. The molecule has 0 atom stereocenters. The summed E-state index contributed by atoms with van der Waals surface area (Å²) in [5.74, 6) is 0. The quantitative estimate of drug-likeness (QED) is 0.628. The Labute approximate surface area is 78.1 Å². The summed E-state index contributed by atoms with van der Waals surface area (Å²) < 4.78 is 0. The number of rotatable bonds is 3. The fourth-order valence-electron chi connectivity index (χ4n) is 2.50. The van der Waals surface area contributed by atoms with E-state index in [1.165, 1.54) is 0 Å². The molecular formula is C9H18Si3. The molecule has 66 valence electrons. The Kier molecular flexibility index (Phi) is 2.02.